The average molecular weight is 563 g/mol. The molecule has 0 aromatic heterocycles. The standard InChI is InChI=1S/C24H30Cl3N3O4S/c1-15(2)12-28-24(32)17(4)29(13-18-6-7-20(26)11-21(18)27)23(31)14-30(35(5,33)34)22-9-8-19(25)10-16(22)3/h6-11,15,17H,12-14H2,1-5H3,(H,28,32)/t17-/m0/s1. The molecule has 11 heteroatoms. The fraction of sp³-hybridized carbons (Fsp3) is 0.417. The lowest BCUT2D eigenvalue weighted by Crippen LogP contribution is -2.51. The molecule has 0 fully saturated rings. The Morgan fingerprint density at radius 1 is 1.00 bits per heavy atom. The van der Waals surface area contributed by atoms with Gasteiger partial charge in [-0.2, -0.15) is 0 Å². The highest BCUT2D eigenvalue weighted by atomic mass is 35.5. The van der Waals surface area contributed by atoms with Gasteiger partial charge in [-0.15, -0.1) is 0 Å². The summed E-state index contributed by atoms with van der Waals surface area (Å²) >= 11 is 18.4. The first-order chi connectivity index (χ1) is 16.2. The van der Waals surface area contributed by atoms with E-state index in [0.717, 1.165) is 10.6 Å². The van der Waals surface area contributed by atoms with Gasteiger partial charge >= 0.3 is 0 Å². The van der Waals surface area contributed by atoms with Gasteiger partial charge in [-0.3, -0.25) is 13.9 Å². The highest BCUT2D eigenvalue weighted by Gasteiger charge is 2.31. The van der Waals surface area contributed by atoms with Gasteiger partial charge in [-0.25, -0.2) is 8.42 Å². The SMILES string of the molecule is Cc1cc(Cl)ccc1N(CC(=O)N(Cc1ccc(Cl)cc1Cl)[C@@H](C)C(=O)NCC(C)C)S(C)(=O)=O. The van der Waals surface area contributed by atoms with E-state index in [-0.39, 0.29) is 18.4 Å². The Labute approximate surface area is 222 Å². The summed E-state index contributed by atoms with van der Waals surface area (Å²) < 4.78 is 26.3. The van der Waals surface area contributed by atoms with Gasteiger partial charge in [0.05, 0.1) is 11.9 Å². The molecule has 0 aliphatic heterocycles. The lowest BCUT2D eigenvalue weighted by atomic mass is 10.1. The molecule has 2 rings (SSSR count). The molecule has 2 amide bonds. The van der Waals surface area contributed by atoms with Crippen molar-refractivity contribution in [1.29, 1.82) is 0 Å². The van der Waals surface area contributed by atoms with Gasteiger partial charge in [0.25, 0.3) is 0 Å². The number of rotatable bonds is 10. The maximum absolute atomic E-state index is 13.6. The Kier molecular flexibility index (Phi) is 10.3. The zero-order valence-electron chi connectivity index (χ0n) is 20.3. The van der Waals surface area contributed by atoms with E-state index in [2.05, 4.69) is 5.32 Å². The van der Waals surface area contributed by atoms with Crippen molar-refractivity contribution in [3.63, 3.8) is 0 Å². The molecule has 0 unspecified atom stereocenters. The number of carbonyl (C=O) groups excluding carboxylic acids is 2. The van der Waals surface area contributed by atoms with Crippen LogP contribution in [-0.4, -0.2) is 50.5 Å². The maximum atomic E-state index is 13.6. The molecule has 0 aliphatic rings. The van der Waals surface area contributed by atoms with Gasteiger partial charge in [0.15, 0.2) is 0 Å². The number of aryl methyl sites for hydroxylation is 1. The van der Waals surface area contributed by atoms with Crippen molar-refractivity contribution in [2.75, 3.05) is 23.7 Å². The monoisotopic (exact) mass is 561 g/mol. The van der Waals surface area contributed by atoms with Crippen molar-refractivity contribution in [3.05, 3.63) is 62.6 Å². The molecule has 2 aromatic rings. The number of halogens is 3. The third kappa shape index (κ3) is 8.27. The first kappa shape index (κ1) is 29.2. The average Bonchev–Trinajstić information content (AvgIpc) is 2.74. The summed E-state index contributed by atoms with van der Waals surface area (Å²) in [6.45, 7) is 7.13. The Hall–Kier alpha value is -2.00. The van der Waals surface area contributed by atoms with Crippen molar-refractivity contribution in [2.24, 2.45) is 5.92 Å². The summed E-state index contributed by atoms with van der Waals surface area (Å²) in [6, 6.07) is 8.68. The van der Waals surface area contributed by atoms with Gasteiger partial charge in [-0.1, -0.05) is 54.7 Å². The Morgan fingerprint density at radius 2 is 1.60 bits per heavy atom. The summed E-state index contributed by atoms with van der Waals surface area (Å²) in [6.07, 6.45) is 1.02. The van der Waals surface area contributed by atoms with E-state index >= 15 is 0 Å². The molecule has 0 saturated carbocycles. The van der Waals surface area contributed by atoms with Crippen molar-refractivity contribution in [2.45, 2.75) is 40.3 Å². The van der Waals surface area contributed by atoms with Crippen molar-refractivity contribution < 1.29 is 18.0 Å². The second-order valence-corrected chi connectivity index (χ2v) is 12.0. The zero-order valence-corrected chi connectivity index (χ0v) is 23.4. The van der Waals surface area contributed by atoms with E-state index in [0.29, 0.717) is 38.4 Å². The first-order valence-electron chi connectivity index (χ1n) is 11.0. The van der Waals surface area contributed by atoms with Gasteiger partial charge in [0.1, 0.15) is 12.6 Å². The van der Waals surface area contributed by atoms with Gasteiger partial charge in [0.2, 0.25) is 21.8 Å². The fourth-order valence-electron chi connectivity index (χ4n) is 3.36. The third-order valence-electron chi connectivity index (χ3n) is 5.31. The Morgan fingerprint density at radius 3 is 2.14 bits per heavy atom. The number of sulfonamides is 1. The lowest BCUT2D eigenvalue weighted by Gasteiger charge is -2.32. The lowest BCUT2D eigenvalue weighted by molar-refractivity contribution is -0.139. The number of nitrogens with one attached hydrogen (secondary N) is 1. The normalized spacial score (nSPS) is 12.4. The molecule has 1 N–H and O–H groups in total. The number of hydrogen-bond donors (Lipinski definition) is 1. The van der Waals surface area contributed by atoms with Gasteiger partial charge in [-0.05, 0) is 61.2 Å². The van der Waals surface area contributed by atoms with E-state index in [1.807, 2.05) is 13.8 Å². The molecule has 2 aromatic carbocycles. The highest BCUT2D eigenvalue weighted by molar-refractivity contribution is 7.92. The molecular weight excluding hydrogens is 533 g/mol. The van der Waals surface area contributed by atoms with Crippen LogP contribution in [0.1, 0.15) is 31.9 Å². The minimum absolute atomic E-state index is 0.0116. The van der Waals surface area contributed by atoms with E-state index < -0.39 is 28.5 Å². The molecule has 0 spiro atoms. The predicted octanol–water partition coefficient (Wildman–Crippen LogP) is 4.91. The molecule has 35 heavy (non-hydrogen) atoms. The summed E-state index contributed by atoms with van der Waals surface area (Å²) in [5.41, 5.74) is 1.49. The van der Waals surface area contributed by atoms with E-state index in [4.69, 9.17) is 34.8 Å². The maximum Gasteiger partial charge on any atom is 0.244 e. The number of carbonyl (C=O) groups is 2. The highest BCUT2D eigenvalue weighted by Crippen LogP contribution is 2.27. The third-order valence-corrected chi connectivity index (χ3v) is 7.26. The van der Waals surface area contributed by atoms with Gasteiger partial charge in [0, 0.05) is 28.2 Å². The molecule has 1 atom stereocenters. The number of anilines is 1. The predicted molar refractivity (Wildman–Crippen MR) is 143 cm³/mol. The van der Waals surface area contributed by atoms with Crippen molar-refractivity contribution in [3.8, 4) is 0 Å². The van der Waals surface area contributed by atoms with Crippen LogP contribution < -0.4 is 9.62 Å². The van der Waals surface area contributed by atoms with Crippen LogP contribution in [0.25, 0.3) is 0 Å². The smallest absolute Gasteiger partial charge is 0.244 e. The van der Waals surface area contributed by atoms with Crippen LogP contribution in [0.4, 0.5) is 5.69 Å². The molecule has 0 heterocycles. The topological polar surface area (TPSA) is 86.8 Å². The summed E-state index contributed by atoms with van der Waals surface area (Å²) in [5.74, 6) is -0.705. The second-order valence-electron chi connectivity index (χ2n) is 8.77. The number of hydrogen-bond acceptors (Lipinski definition) is 4. The summed E-state index contributed by atoms with van der Waals surface area (Å²) in [7, 11) is -3.84. The van der Waals surface area contributed by atoms with Crippen LogP contribution in [0.15, 0.2) is 36.4 Å². The minimum atomic E-state index is -3.84. The van der Waals surface area contributed by atoms with Crippen LogP contribution >= 0.6 is 34.8 Å². The first-order valence-corrected chi connectivity index (χ1v) is 13.9. The molecule has 0 saturated heterocycles. The Balaban J connectivity index is 2.44. The minimum Gasteiger partial charge on any atom is -0.354 e. The molecule has 0 radical (unpaired) electrons. The molecule has 192 valence electrons. The van der Waals surface area contributed by atoms with Crippen LogP contribution in [0.3, 0.4) is 0 Å². The van der Waals surface area contributed by atoms with Gasteiger partial charge < -0.3 is 10.2 Å². The second kappa shape index (κ2) is 12.3. The summed E-state index contributed by atoms with van der Waals surface area (Å²) in [5, 5.41) is 4.03. The molecule has 0 aliphatic carbocycles. The number of amides is 2. The Bertz CT molecular complexity index is 1190. The van der Waals surface area contributed by atoms with Crippen molar-refractivity contribution >= 4 is 62.3 Å². The zero-order chi connectivity index (χ0) is 26.5. The summed E-state index contributed by atoms with van der Waals surface area (Å²) in [4.78, 5) is 27.7. The van der Waals surface area contributed by atoms with Crippen LogP contribution in [0.2, 0.25) is 15.1 Å². The molecular formula is C24H30Cl3N3O4S. The van der Waals surface area contributed by atoms with E-state index in [9.17, 15) is 18.0 Å². The van der Waals surface area contributed by atoms with E-state index in [1.54, 1.807) is 50.2 Å². The number of nitrogens with zero attached hydrogens (tertiary/aromatic N) is 2. The fourth-order valence-corrected chi connectivity index (χ4v) is 4.96. The van der Waals surface area contributed by atoms with Crippen LogP contribution in [0, 0.1) is 12.8 Å². The van der Waals surface area contributed by atoms with Crippen molar-refractivity contribution in [1.82, 2.24) is 10.2 Å². The largest absolute Gasteiger partial charge is 0.354 e. The van der Waals surface area contributed by atoms with Crippen LogP contribution in [0.5, 0.6) is 0 Å². The van der Waals surface area contributed by atoms with E-state index in [1.165, 1.54) is 4.90 Å². The molecule has 7 nitrogen and oxygen atoms in total. The number of benzene rings is 2. The quantitative estimate of drug-likeness (QED) is 0.446. The van der Waals surface area contributed by atoms with Crippen LogP contribution in [-0.2, 0) is 26.2 Å². The molecule has 0 bridgehead atoms.